The number of nitrogens with two attached hydrogens (primary N) is 1. The van der Waals surface area contributed by atoms with Crippen LogP contribution in [0.2, 0.25) is 0 Å². The minimum atomic E-state index is -0.219. The molecule has 19 heavy (non-hydrogen) atoms. The van der Waals surface area contributed by atoms with Gasteiger partial charge in [0.1, 0.15) is 0 Å². The molecule has 0 saturated heterocycles. The molecule has 2 N–H and O–H groups in total. The van der Waals surface area contributed by atoms with Crippen molar-refractivity contribution in [2.75, 3.05) is 7.11 Å². The molecule has 1 aromatic heterocycles. The number of pyridine rings is 1. The number of ether oxygens (including phenoxy) is 1. The van der Waals surface area contributed by atoms with Crippen molar-refractivity contribution in [3.05, 3.63) is 58.3 Å². The van der Waals surface area contributed by atoms with Crippen molar-refractivity contribution in [2.24, 2.45) is 5.73 Å². The van der Waals surface area contributed by atoms with Crippen LogP contribution in [-0.2, 0) is 0 Å². The van der Waals surface area contributed by atoms with Crippen molar-refractivity contribution in [1.29, 1.82) is 0 Å². The van der Waals surface area contributed by atoms with E-state index in [2.05, 4.69) is 37.9 Å². The number of nitrogens with zero attached hydrogens (tertiary/aromatic N) is 1. The highest BCUT2D eigenvalue weighted by atomic mass is 16.5. The Balaban J connectivity index is 2.50. The van der Waals surface area contributed by atoms with Crippen LogP contribution in [0.15, 0.2) is 30.5 Å². The number of hydrogen-bond donors (Lipinski definition) is 1. The summed E-state index contributed by atoms with van der Waals surface area (Å²) in [5.74, 6) is 0.590. The molecular formula is C16H20N2O. The van der Waals surface area contributed by atoms with E-state index in [0.717, 1.165) is 11.1 Å². The lowest BCUT2D eigenvalue weighted by molar-refractivity contribution is 0.390. The summed E-state index contributed by atoms with van der Waals surface area (Å²) in [6.45, 7) is 6.30. The van der Waals surface area contributed by atoms with Crippen LogP contribution >= 0.6 is 0 Å². The molecule has 1 unspecified atom stereocenters. The third-order valence-corrected chi connectivity index (χ3v) is 3.55. The Labute approximate surface area is 114 Å². The van der Waals surface area contributed by atoms with E-state index >= 15 is 0 Å². The molecule has 0 bridgehead atoms. The van der Waals surface area contributed by atoms with Crippen molar-refractivity contribution in [2.45, 2.75) is 26.8 Å². The van der Waals surface area contributed by atoms with E-state index in [1.807, 2.05) is 12.1 Å². The normalized spacial score (nSPS) is 12.3. The minimum absolute atomic E-state index is 0.219. The molecule has 2 rings (SSSR count). The standard InChI is InChI=1S/C16H20N2O/c1-10-8-12(3)14(9-11(10)2)15(17)13-6-5-7-18-16(13)19-4/h5-9,15H,17H2,1-4H3. The van der Waals surface area contributed by atoms with Crippen LogP contribution in [-0.4, -0.2) is 12.1 Å². The van der Waals surface area contributed by atoms with Gasteiger partial charge in [0.2, 0.25) is 5.88 Å². The predicted octanol–water partition coefficient (Wildman–Crippen LogP) is 3.06. The van der Waals surface area contributed by atoms with Crippen molar-refractivity contribution < 1.29 is 4.74 Å². The Morgan fingerprint density at radius 2 is 1.74 bits per heavy atom. The Kier molecular flexibility index (Phi) is 3.86. The first-order valence-electron chi connectivity index (χ1n) is 6.36. The SMILES string of the molecule is COc1ncccc1C(N)c1cc(C)c(C)cc1C. The van der Waals surface area contributed by atoms with Crippen molar-refractivity contribution in [3.63, 3.8) is 0 Å². The molecule has 100 valence electrons. The summed E-state index contributed by atoms with van der Waals surface area (Å²) >= 11 is 0. The second-order valence-electron chi connectivity index (χ2n) is 4.87. The first-order chi connectivity index (χ1) is 9.04. The number of hydrogen-bond acceptors (Lipinski definition) is 3. The van der Waals surface area contributed by atoms with E-state index in [1.165, 1.54) is 16.7 Å². The molecular weight excluding hydrogens is 236 g/mol. The van der Waals surface area contributed by atoms with Gasteiger partial charge in [-0.3, -0.25) is 0 Å². The molecule has 1 heterocycles. The summed E-state index contributed by atoms with van der Waals surface area (Å²) in [4.78, 5) is 4.21. The molecule has 0 spiro atoms. The highest BCUT2D eigenvalue weighted by molar-refractivity contribution is 5.44. The fourth-order valence-electron chi connectivity index (χ4n) is 2.30. The van der Waals surface area contributed by atoms with Crippen LogP contribution in [0.1, 0.15) is 33.9 Å². The summed E-state index contributed by atoms with van der Waals surface area (Å²) in [6, 6.07) is 7.96. The average Bonchev–Trinajstić information content (AvgIpc) is 2.42. The molecule has 3 nitrogen and oxygen atoms in total. The zero-order valence-corrected chi connectivity index (χ0v) is 11.9. The maximum atomic E-state index is 6.39. The molecule has 1 atom stereocenters. The first-order valence-corrected chi connectivity index (χ1v) is 6.36. The van der Waals surface area contributed by atoms with Gasteiger partial charge in [0.05, 0.1) is 13.2 Å². The van der Waals surface area contributed by atoms with E-state index in [0.29, 0.717) is 5.88 Å². The summed E-state index contributed by atoms with van der Waals surface area (Å²) in [7, 11) is 1.62. The van der Waals surface area contributed by atoms with Crippen LogP contribution in [0.3, 0.4) is 0 Å². The average molecular weight is 256 g/mol. The molecule has 1 aromatic carbocycles. The summed E-state index contributed by atoms with van der Waals surface area (Å²) in [5.41, 5.74) is 12.2. The largest absolute Gasteiger partial charge is 0.481 e. The number of aromatic nitrogens is 1. The van der Waals surface area contributed by atoms with Gasteiger partial charge >= 0.3 is 0 Å². The molecule has 0 aliphatic rings. The smallest absolute Gasteiger partial charge is 0.218 e. The monoisotopic (exact) mass is 256 g/mol. The van der Waals surface area contributed by atoms with Crippen LogP contribution in [0.4, 0.5) is 0 Å². The second-order valence-corrected chi connectivity index (χ2v) is 4.87. The molecule has 0 aliphatic heterocycles. The quantitative estimate of drug-likeness (QED) is 0.918. The minimum Gasteiger partial charge on any atom is -0.481 e. The number of methoxy groups -OCH3 is 1. The third-order valence-electron chi connectivity index (χ3n) is 3.55. The maximum absolute atomic E-state index is 6.39. The van der Waals surface area contributed by atoms with Crippen LogP contribution in [0, 0.1) is 20.8 Å². The Hall–Kier alpha value is -1.87. The van der Waals surface area contributed by atoms with Crippen LogP contribution in [0.25, 0.3) is 0 Å². The number of rotatable bonds is 3. The van der Waals surface area contributed by atoms with E-state index < -0.39 is 0 Å². The van der Waals surface area contributed by atoms with E-state index in [1.54, 1.807) is 13.3 Å². The molecule has 0 fully saturated rings. The van der Waals surface area contributed by atoms with Gasteiger partial charge in [-0.25, -0.2) is 4.98 Å². The van der Waals surface area contributed by atoms with Crippen molar-refractivity contribution >= 4 is 0 Å². The molecule has 0 amide bonds. The van der Waals surface area contributed by atoms with E-state index in [-0.39, 0.29) is 6.04 Å². The predicted molar refractivity (Wildman–Crippen MR) is 77.5 cm³/mol. The van der Waals surface area contributed by atoms with Gasteiger partial charge in [0.25, 0.3) is 0 Å². The number of aryl methyl sites for hydroxylation is 3. The lowest BCUT2D eigenvalue weighted by Crippen LogP contribution is -2.15. The van der Waals surface area contributed by atoms with Crippen LogP contribution in [0.5, 0.6) is 5.88 Å². The molecule has 3 heteroatoms. The first kappa shape index (κ1) is 13.6. The molecule has 0 radical (unpaired) electrons. The van der Waals surface area contributed by atoms with Crippen molar-refractivity contribution in [1.82, 2.24) is 4.98 Å². The summed E-state index contributed by atoms with van der Waals surface area (Å²) in [5, 5.41) is 0. The van der Waals surface area contributed by atoms with Crippen molar-refractivity contribution in [3.8, 4) is 5.88 Å². The zero-order valence-electron chi connectivity index (χ0n) is 11.9. The Morgan fingerprint density at radius 1 is 1.05 bits per heavy atom. The lowest BCUT2D eigenvalue weighted by atomic mass is 9.93. The maximum Gasteiger partial charge on any atom is 0.218 e. The van der Waals surface area contributed by atoms with Gasteiger partial charge in [0, 0.05) is 11.8 Å². The summed E-state index contributed by atoms with van der Waals surface area (Å²) < 4.78 is 5.29. The van der Waals surface area contributed by atoms with Gasteiger partial charge in [0.15, 0.2) is 0 Å². The highest BCUT2D eigenvalue weighted by Crippen LogP contribution is 2.29. The van der Waals surface area contributed by atoms with Gasteiger partial charge in [-0.15, -0.1) is 0 Å². The lowest BCUT2D eigenvalue weighted by Gasteiger charge is -2.18. The van der Waals surface area contributed by atoms with Gasteiger partial charge in [-0.2, -0.15) is 0 Å². The number of benzene rings is 1. The second kappa shape index (κ2) is 5.41. The van der Waals surface area contributed by atoms with E-state index in [4.69, 9.17) is 10.5 Å². The van der Waals surface area contributed by atoms with Crippen LogP contribution < -0.4 is 10.5 Å². The fraction of sp³-hybridized carbons (Fsp3) is 0.312. The van der Waals surface area contributed by atoms with Gasteiger partial charge < -0.3 is 10.5 Å². The summed E-state index contributed by atoms with van der Waals surface area (Å²) in [6.07, 6.45) is 1.71. The Morgan fingerprint density at radius 3 is 2.42 bits per heavy atom. The van der Waals surface area contributed by atoms with Gasteiger partial charge in [-0.1, -0.05) is 18.2 Å². The molecule has 2 aromatic rings. The molecule has 0 aliphatic carbocycles. The Bertz CT molecular complexity index is 593. The van der Waals surface area contributed by atoms with Gasteiger partial charge in [-0.05, 0) is 49.1 Å². The fourth-order valence-corrected chi connectivity index (χ4v) is 2.30. The highest BCUT2D eigenvalue weighted by Gasteiger charge is 2.17. The zero-order chi connectivity index (χ0) is 14.0. The topological polar surface area (TPSA) is 48.1 Å². The molecule has 0 saturated carbocycles. The van der Waals surface area contributed by atoms with E-state index in [9.17, 15) is 0 Å². The third kappa shape index (κ3) is 2.61.